The molecule has 0 bridgehead atoms. The minimum absolute atomic E-state index is 0.341. The quantitative estimate of drug-likeness (QED) is 0.855. The first-order valence-corrected chi connectivity index (χ1v) is 6.94. The summed E-state index contributed by atoms with van der Waals surface area (Å²) in [6.07, 6.45) is 0. The van der Waals surface area contributed by atoms with Crippen LogP contribution in [0.1, 0.15) is 29.0 Å². The number of halogens is 1. The zero-order valence-corrected chi connectivity index (χ0v) is 11.6. The Labute approximate surface area is 111 Å². The molecule has 3 heteroatoms. The van der Waals surface area contributed by atoms with Crippen LogP contribution >= 0.6 is 22.9 Å². The molecule has 0 saturated heterocycles. The fourth-order valence-electron chi connectivity index (χ4n) is 1.70. The lowest BCUT2D eigenvalue weighted by Gasteiger charge is -2.14. The van der Waals surface area contributed by atoms with Crippen molar-refractivity contribution in [3.63, 3.8) is 0 Å². The normalized spacial score (nSPS) is 12.6. The van der Waals surface area contributed by atoms with Gasteiger partial charge in [-0.2, -0.15) is 0 Å². The van der Waals surface area contributed by atoms with Gasteiger partial charge in [0, 0.05) is 22.5 Å². The monoisotopic (exact) mass is 265 g/mol. The fraction of sp³-hybridized carbons (Fsp3) is 0.286. The van der Waals surface area contributed by atoms with E-state index in [0.29, 0.717) is 6.04 Å². The Balaban J connectivity index is 1.95. The summed E-state index contributed by atoms with van der Waals surface area (Å²) in [4.78, 5) is 1.41. The maximum absolute atomic E-state index is 5.88. The van der Waals surface area contributed by atoms with E-state index in [0.717, 1.165) is 11.6 Å². The van der Waals surface area contributed by atoms with Crippen LogP contribution in [-0.4, -0.2) is 0 Å². The third-order valence-corrected chi connectivity index (χ3v) is 4.18. The van der Waals surface area contributed by atoms with Crippen LogP contribution in [0.2, 0.25) is 5.02 Å². The molecule has 1 heterocycles. The van der Waals surface area contributed by atoms with Gasteiger partial charge in [0.05, 0.1) is 0 Å². The first-order chi connectivity index (χ1) is 8.16. The minimum Gasteiger partial charge on any atom is -0.305 e. The van der Waals surface area contributed by atoms with E-state index in [-0.39, 0.29) is 0 Å². The Morgan fingerprint density at radius 3 is 2.53 bits per heavy atom. The van der Waals surface area contributed by atoms with Gasteiger partial charge in [0.1, 0.15) is 0 Å². The van der Waals surface area contributed by atoms with E-state index in [4.69, 9.17) is 11.6 Å². The zero-order chi connectivity index (χ0) is 12.3. The summed E-state index contributed by atoms with van der Waals surface area (Å²) in [7, 11) is 0. The molecule has 1 N–H and O–H groups in total. The maximum atomic E-state index is 5.88. The number of aryl methyl sites for hydroxylation is 1. The molecule has 0 aliphatic carbocycles. The van der Waals surface area contributed by atoms with Crippen molar-refractivity contribution >= 4 is 22.9 Å². The van der Waals surface area contributed by atoms with Crippen LogP contribution in [0.15, 0.2) is 35.7 Å². The van der Waals surface area contributed by atoms with Crippen LogP contribution in [0.5, 0.6) is 0 Å². The van der Waals surface area contributed by atoms with E-state index in [1.165, 1.54) is 16.0 Å². The fourth-order valence-corrected chi connectivity index (χ4v) is 2.68. The lowest BCUT2D eigenvalue weighted by molar-refractivity contribution is 0.578. The van der Waals surface area contributed by atoms with Crippen LogP contribution in [0.4, 0.5) is 0 Å². The Morgan fingerprint density at radius 2 is 1.94 bits per heavy atom. The average Bonchev–Trinajstić information content (AvgIpc) is 2.73. The van der Waals surface area contributed by atoms with Crippen molar-refractivity contribution in [3.05, 3.63) is 56.7 Å². The molecule has 0 amide bonds. The van der Waals surface area contributed by atoms with Gasteiger partial charge in [-0.15, -0.1) is 11.3 Å². The molecular weight excluding hydrogens is 250 g/mol. The van der Waals surface area contributed by atoms with Gasteiger partial charge in [0.25, 0.3) is 0 Å². The molecule has 0 spiro atoms. The number of benzene rings is 1. The van der Waals surface area contributed by atoms with Crippen molar-refractivity contribution in [2.24, 2.45) is 0 Å². The van der Waals surface area contributed by atoms with Crippen LogP contribution in [0.25, 0.3) is 0 Å². The lowest BCUT2D eigenvalue weighted by Crippen LogP contribution is -2.17. The van der Waals surface area contributed by atoms with Gasteiger partial charge in [-0.25, -0.2) is 0 Å². The smallest absolute Gasteiger partial charge is 0.0406 e. The van der Waals surface area contributed by atoms with Crippen LogP contribution in [0, 0.1) is 6.92 Å². The SMILES string of the molecule is Cc1ccsc1CNC(C)c1ccc(Cl)cc1. The molecule has 1 unspecified atom stereocenters. The second-order valence-corrected chi connectivity index (χ2v) is 5.62. The van der Waals surface area contributed by atoms with E-state index in [1.807, 2.05) is 12.1 Å². The van der Waals surface area contributed by atoms with Crippen molar-refractivity contribution in [1.29, 1.82) is 0 Å². The maximum Gasteiger partial charge on any atom is 0.0406 e. The van der Waals surface area contributed by atoms with E-state index in [1.54, 1.807) is 11.3 Å². The second kappa shape index (κ2) is 5.67. The predicted molar refractivity (Wildman–Crippen MR) is 75.8 cm³/mol. The van der Waals surface area contributed by atoms with Gasteiger partial charge < -0.3 is 5.32 Å². The first-order valence-electron chi connectivity index (χ1n) is 5.68. The van der Waals surface area contributed by atoms with E-state index in [2.05, 4.69) is 42.7 Å². The average molecular weight is 266 g/mol. The van der Waals surface area contributed by atoms with Crippen molar-refractivity contribution in [1.82, 2.24) is 5.32 Å². The Bertz CT molecular complexity index is 475. The minimum atomic E-state index is 0.341. The number of nitrogens with one attached hydrogen (secondary N) is 1. The largest absolute Gasteiger partial charge is 0.305 e. The van der Waals surface area contributed by atoms with Gasteiger partial charge in [-0.3, -0.25) is 0 Å². The molecule has 0 fully saturated rings. The molecule has 0 aliphatic rings. The molecule has 1 aromatic heterocycles. The summed E-state index contributed by atoms with van der Waals surface area (Å²) in [6.45, 7) is 5.25. The third kappa shape index (κ3) is 3.32. The van der Waals surface area contributed by atoms with E-state index < -0.39 is 0 Å². The van der Waals surface area contributed by atoms with Gasteiger partial charge in [0.15, 0.2) is 0 Å². The van der Waals surface area contributed by atoms with Gasteiger partial charge in [-0.05, 0) is 48.6 Å². The molecule has 0 saturated carbocycles. The Morgan fingerprint density at radius 1 is 1.24 bits per heavy atom. The van der Waals surface area contributed by atoms with Crippen LogP contribution in [0.3, 0.4) is 0 Å². The van der Waals surface area contributed by atoms with Gasteiger partial charge in [0.2, 0.25) is 0 Å². The highest BCUT2D eigenvalue weighted by molar-refractivity contribution is 7.10. The Kier molecular flexibility index (Phi) is 4.21. The highest BCUT2D eigenvalue weighted by Crippen LogP contribution is 2.19. The topological polar surface area (TPSA) is 12.0 Å². The van der Waals surface area contributed by atoms with Crippen LogP contribution in [-0.2, 0) is 6.54 Å². The molecule has 0 radical (unpaired) electrons. The van der Waals surface area contributed by atoms with Gasteiger partial charge in [-0.1, -0.05) is 23.7 Å². The highest BCUT2D eigenvalue weighted by Gasteiger charge is 2.06. The van der Waals surface area contributed by atoms with E-state index >= 15 is 0 Å². The summed E-state index contributed by atoms with van der Waals surface area (Å²) in [5.41, 5.74) is 2.63. The van der Waals surface area contributed by atoms with Crippen molar-refractivity contribution < 1.29 is 0 Å². The summed E-state index contributed by atoms with van der Waals surface area (Å²) in [6, 6.07) is 10.5. The van der Waals surface area contributed by atoms with E-state index in [9.17, 15) is 0 Å². The summed E-state index contributed by atoms with van der Waals surface area (Å²) in [5, 5.41) is 6.45. The molecule has 2 aromatic rings. The Hall–Kier alpha value is -0.830. The molecule has 1 atom stereocenters. The summed E-state index contributed by atoms with van der Waals surface area (Å²) >= 11 is 7.68. The standard InChI is InChI=1S/C14H16ClNS/c1-10-7-8-17-14(10)9-16-11(2)12-3-5-13(15)6-4-12/h3-8,11,16H,9H2,1-2H3. The molecule has 2 rings (SSSR count). The lowest BCUT2D eigenvalue weighted by atomic mass is 10.1. The van der Waals surface area contributed by atoms with Crippen molar-refractivity contribution in [2.75, 3.05) is 0 Å². The second-order valence-electron chi connectivity index (χ2n) is 4.18. The molecule has 1 aromatic carbocycles. The highest BCUT2D eigenvalue weighted by atomic mass is 35.5. The molecule has 17 heavy (non-hydrogen) atoms. The molecule has 1 nitrogen and oxygen atoms in total. The third-order valence-electron chi connectivity index (χ3n) is 2.91. The number of hydrogen-bond acceptors (Lipinski definition) is 2. The summed E-state index contributed by atoms with van der Waals surface area (Å²) < 4.78 is 0. The van der Waals surface area contributed by atoms with Crippen molar-refractivity contribution in [2.45, 2.75) is 26.4 Å². The van der Waals surface area contributed by atoms with Crippen molar-refractivity contribution in [3.8, 4) is 0 Å². The number of thiophene rings is 1. The number of rotatable bonds is 4. The molecule has 90 valence electrons. The predicted octanol–water partition coefficient (Wildman–Crippen LogP) is 4.56. The van der Waals surface area contributed by atoms with Gasteiger partial charge >= 0.3 is 0 Å². The zero-order valence-electron chi connectivity index (χ0n) is 10.0. The molecular formula is C14H16ClNS. The number of hydrogen-bond donors (Lipinski definition) is 1. The first kappa shape index (κ1) is 12.6. The van der Waals surface area contributed by atoms with Crippen LogP contribution < -0.4 is 5.32 Å². The molecule has 0 aliphatic heterocycles. The summed E-state index contributed by atoms with van der Waals surface area (Å²) in [5.74, 6) is 0.